The molecule has 0 atom stereocenters. The lowest BCUT2D eigenvalue weighted by atomic mass is 10.0. The molecule has 0 unspecified atom stereocenters. The van der Waals surface area contributed by atoms with Crippen LogP contribution in [0.2, 0.25) is 0 Å². The molecule has 6 nitrogen and oxygen atoms in total. The van der Waals surface area contributed by atoms with Gasteiger partial charge >= 0.3 is 0 Å². The van der Waals surface area contributed by atoms with Gasteiger partial charge in [-0.3, -0.25) is 9.78 Å². The van der Waals surface area contributed by atoms with E-state index in [1.54, 1.807) is 12.3 Å². The van der Waals surface area contributed by atoms with Gasteiger partial charge in [0.25, 0.3) is 5.91 Å². The number of rotatable bonds is 4. The van der Waals surface area contributed by atoms with Crippen LogP contribution in [-0.2, 0) is 4.74 Å². The van der Waals surface area contributed by atoms with Gasteiger partial charge in [-0.25, -0.2) is 9.37 Å². The second kappa shape index (κ2) is 8.13. The first-order chi connectivity index (χ1) is 14.0. The van der Waals surface area contributed by atoms with Crippen LogP contribution in [0, 0.1) is 5.82 Å². The molecule has 29 heavy (non-hydrogen) atoms. The monoisotopic (exact) mass is 394 g/mol. The van der Waals surface area contributed by atoms with E-state index in [1.807, 2.05) is 32.0 Å². The highest BCUT2D eigenvalue weighted by atomic mass is 19.1. The zero-order chi connectivity index (χ0) is 20.4. The molecule has 1 aromatic heterocycles. The molecule has 4 rings (SSSR count). The van der Waals surface area contributed by atoms with Gasteiger partial charge in [-0.05, 0) is 49.2 Å². The Morgan fingerprint density at radius 3 is 2.55 bits per heavy atom. The van der Waals surface area contributed by atoms with Crippen LogP contribution < -0.4 is 10.2 Å². The summed E-state index contributed by atoms with van der Waals surface area (Å²) in [4.78, 5) is 23.5. The Morgan fingerprint density at radius 1 is 1.10 bits per heavy atom. The summed E-state index contributed by atoms with van der Waals surface area (Å²) >= 11 is 0. The van der Waals surface area contributed by atoms with Crippen molar-refractivity contribution in [2.45, 2.75) is 19.9 Å². The molecule has 0 bridgehead atoms. The molecule has 1 amide bonds. The Labute approximate surface area is 168 Å². The van der Waals surface area contributed by atoms with Crippen LogP contribution in [0.15, 0.2) is 42.6 Å². The molecule has 1 aliphatic heterocycles. The average Bonchev–Trinajstić information content (AvgIpc) is 2.73. The number of halogens is 1. The standard InChI is InChI=1S/C22H23FN4O2/c1-14(2)25-22(28)17-5-3-15(11-18(17)23)16-4-6-19-20(12-16)26-21(13-24-19)27-7-9-29-10-8-27/h3-6,11-14H,7-10H2,1-2H3,(H,25,28). The maximum Gasteiger partial charge on any atom is 0.254 e. The third-order valence-electron chi connectivity index (χ3n) is 4.83. The van der Waals surface area contributed by atoms with E-state index in [2.05, 4.69) is 15.2 Å². The number of aromatic nitrogens is 2. The van der Waals surface area contributed by atoms with E-state index in [1.165, 1.54) is 12.1 Å². The average molecular weight is 394 g/mol. The Bertz CT molecular complexity index is 1050. The SMILES string of the molecule is CC(C)NC(=O)c1ccc(-c2ccc3ncc(N4CCOCC4)nc3c2)cc1F. The summed E-state index contributed by atoms with van der Waals surface area (Å²) < 4.78 is 19.9. The first-order valence-corrected chi connectivity index (χ1v) is 9.71. The first-order valence-electron chi connectivity index (χ1n) is 9.71. The summed E-state index contributed by atoms with van der Waals surface area (Å²) in [6, 6.07) is 10.2. The van der Waals surface area contributed by atoms with Gasteiger partial charge in [0.05, 0.1) is 36.0 Å². The molecule has 1 fully saturated rings. The van der Waals surface area contributed by atoms with Gasteiger partial charge in [0.15, 0.2) is 0 Å². The Morgan fingerprint density at radius 2 is 1.83 bits per heavy atom. The topological polar surface area (TPSA) is 67.4 Å². The van der Waals surface area contributed by atoms with E-state index < -0.39 is 11.7 Å². The van der Waals surface area contributed by atoms with Gasteiger partial charge < -0.3 is 15.0 Å². The minimum Gasteiger partial charge on any atom is -0.378 e. The number of nitrogens with zero attached hydrogens (tertiary/aromatic N) is 3. The molecule has 0 aliphatic carbocycles. The third-order valence-corrected chi connectivity index (χ3v) is 4.83. The number of carbonyl (C=O) groups is 1. The highest BCUT2D eigenvalue weighted by Gasteiger charge is 2.15. The van der Waals surface area contributed by atoms with Crippen molar-refractivity contribution in [3.8, 4) is 11.1 Å². The van der Waals surface area contributed by atoms with Gasteiger partial charge in [0.1, 0.15) is 11.6 Å². The molecule has 7 heteroatoms. The number of benzene rings is 2. The van der Waals surface area contributed by atoms with Gasteiger partial charge in [-0.2, -0.15) is 0 Å². The minimum absolute atomic E-state index is 0.0395. The van der Waals surface area contributed by atoms with Gasteiger partial charge in [0, 0.05) is 19.1 Å². The van der Waals surface area contributed by atoms with E-state index in [0.717, 1.165) is 35.5 Å². The maximum atomic E-state index is 14.6. The van der Waals surface area contributed by atoms with E-state index in [-0.39, 0.29) is 11.6 Å². The summed E-state index contributed by atoms with van der Waals surface area (Å²) in [5.74, 6) is -0.151. The number of fused-ring (bicyclic) bond motifs is 1. The quantitative estimate of drug-likeness (QED) is 0.735. The number of ether oxygens (including phenoxy) is 1. The van der Waals surface area contributed by atoms with Crippen LogP contribution in [0.25, 0.3) is 22.2 Å². The second-order valence-electron chi connectivity index (χ2n) is 7.35. The number of amides is 1. The van der Waals surface area contributed by atoms with Crippen molar-refractivity contribution >= 4 is 22.8 Å². The predicted molar refractivity (Wildman–Crippen MR) is 111 cm³/mol. The number of nitrogens with one attached hydrogen (secondary N) is 1. The molecule has 1 N–H and O–H groups in total. The van der Waals surface area contributed by atoms with Crippen LogP contribution in [0.4, 0.5) is 10.2 Å². The number of morpholine rings is 1. The molecule has 0 spiro atoms. The van der Waals surface area contributed by atoms with E-state index >= 15 is 0 Å². The summed E-state index contributed by atoms with van der Waals surface area (Å²) in [6.45, 7) is 6.60. The van der Waals surface area contributed by atoms with Crippen molar-refractivity contribution in [2.24, 2.45) is 0 Å². The lowest BCUT2D eigenvalue weighted by Crippen LogP contribution is -2.36. The highest BCUT2D eigenvalue weighted by Crippen LogP contribution is 2.26. The summed E-state index contributed by atoms with van der Waals surface area (Å²) in [5, 5.41) is 2.71. The van der Waals surface area contributed by atoms with Crippen LogP contribution in [0.5, 0.6) is 0 Å². The first kappa shape index (κ1) is 19.3. The van der Waals surface area contributed by atoms with E-state index in [0.29, 0.717) is 18.8 Å². The van der Waals surface area contributed by atoms with E-state index in [4.69, 9.17) is 9.72 Å². The summed E-state index contributed by atoms with van der Waals surface area (Å²) in [5.41, 5.74) is 3.06. The lowest BCUT2D eigenvalue weighted by Gasteiger charge is -2.27. The fourth-order valence-corrected chi connectivity index (χ4v) is 3.34. The Kier molecular flexibility index (Phi) is 5.40. The van der Waals surface area contributed by atoms with Crippen LogP contribution in [0.1, 0.15) is 24.2 Å². The largest absolute Gasteiger partial charge is 0.378 e. The predicted octanol–water partition coefficient (Wildman–Crippen LogP) is 3.41. The van der Waals surface area contributed by atoms with Crippen molar-refractivity contribution in [3.05, 3.63) is 54.0 Å². The lowest BCUT2D eigenvalue weighted by molar-refractivity contribution is 0.0939. The third kappa shape index (κ3) is 4.19. The zero-order valence-corrected chi connectivity index (χ0v) is 16.5. The molecule has 1 aliphatic rings. The van der Waals surface area contributed by atoms with Crippen LogP contribution in [0.3, 0.4) is 0 Å². The number of anilines is 1. The van der Waals surface area contributed by atoms with Gasteiger partial charge in [-0.1, -0.05) is 12.1 Å². The van der Waals surface area contributed by atoms with Gasteiger partial charge in [0.2, 0.25) is 0 Å². The normalized spacial score (nSPS) is 14.4. The summed E-state index contributed by atoms with van der Waals surface area (Å²) in [7, 11) is 0. The Balaban J connectivity index is 1.64. The molecular formula is C22H23FN4O2. The summed E-state index contributed by atoms with van der Waals surface area (Å²) in [6.07, 6.45) is 1.77. The van der Waals surface area contributed by atoms with Crippen molar-refractivity contribution < 1.29 is 13.9 Å². The highest BCUT2D eigenvalue weighted by molar-refractivity contribution is 5.95. The van der Waals surface area contributed by atoms with Crippen molar-refractivity contribution in [1.29, 1.82) is 0 Å². The van der Waals surface area contributed by atoms with Crippen molar-refractivity contribution in [3.63, 3.8) is 0 Å². The molecular weight excluding hydrogens is 371 g/mol. The van der Waals surface area contributed by atoms with Gasteiger partial charge in [-0.15, -0.1) is 0 Å². The number of hydrogen-bond acceptors (Lipinski definition) is 5. The fourth-order valence-electron chi connectivity index (χ4n) is 3.34. The fraction of sp³-hybridized carbons (Fsp3) is 0.318. The molecule has 2 aromatic carbocycles. The molecule has 0 saturated carbocycles. The minimum atomic E-state index is -0.547. The maximum absolute atomic E-state index is 14.6. The van der Waals surface area contributed by atoms with Crippen LogP contribution >= 0.6 is 0 Å². The van der Waals surface area contributed by atoms with E-state index in [9.17, 15) is 9.18 Å². The smallest absolute Gasteiger partial charge is 0.254 e. The molecule has 2 heterocycles. The Hall–Kier alpha value is -3.06. The molecule has 1 saturated heterocycles. The zero-order valence-electron chi connectivity index (χ0n) is 16.5. The second-order valence-corrected chi connectivity index (χ2v) is 7.35. The number of carbonyl (C=O) groups excluding carboxylic acids is 1. The number of hydrogen-bond donors (Lipinski definition) is 1. The van der Waals surface area contributed by atoms with Crippen LogP contribution in [-0.4, -0.2) is 48.2 Å². The molecule has 3 aromatic rings. The van der Waals surface area contributed by atoms with Crippen molar-refractivity contribution in [2.75, 3.05) is 31.2 Å². The molecule has 0 radical (unpaired) electrons. The molecule has 150 valence electrons. The van der Waals surface area contributed by atoms with Crippen molar-refractivity contribution in [1.82, 2.24) is 15.3 Å².